The summed E-state index contributed by atoms with van der Waals surface area (Å²) in [5.74, 6) is -6.27. The van der Waals surface area contributed by atoms with Gasteiger partial charge in [-0.1, -0.05) is 13.9 Å². The third-order valence-corrected chi connectivity index (χ3v) is 1.32. The molecule has 10 N–H and O–H groups in total. The number of carbonyl (C=O) groups is 5. The minimum absolute atomic E-state index is 0. The fourth-order valence-corrected chi connectivity index (χ4v) is 0.494. The number of aliphatic hydroxyl groups excluding tert-OH is 3. The Morgan fingerprint density at radius 2 is 1.10 bits per heavy atom. The van der Waals surface area contributed by atoms with Gasteiger partial charge in [-0.05, 0) is 6.47 Å². The number of aliphatic carboxylic acids is 4. The van der Waals surface area contributed by atoms with Gasteiger partial charge in [0.1, 0.15) is 0 Å². The molecule has 0 bridgehead atoms. The van der Waals surface area contributed by atoms with Crippen LogP contribution < -0.4 is 10.2 Å². The number of hydrogen-bond acceptors (Lipinski definition) is 18. The van der Waals surface area contributed by atoms with Gasteiger partial charge in [-0.3, -0.25) is 9.59 Å². The van der Waals surface area contributed by atoms with Crippen molar-refractivity contribution in [1.82, 2.24) is 0 Å². The van der Waals surface area contributed by atoms with Crippen molar-refractivity contribution in [1.29, 1.82) is 0 Å². The van der Waals surface area contributed by atoms with E-state index in [0.717, 1.165) is 6.47 Å². The van der Waals surface area contributed by atoms with Crippen LogP contribution in [-0.2, 0) is 48.0 Å². The molecule has 26 heteroatoms. The first-order valence-corrected chi connectivity index (χ1v) is 6.21. The maximum Gasteiger partial charge on any atom is 2.00 e. The molecule has 0 heterocycles. The van der Waals surface area contributed by atoms with E-state index in [4.69, 9.17) is 59.9 Å². The molecule has 0 aliphatic carbocycles. The van der Waals surface area contributed by atoms with Gasteiger partial charge < -0.3 is 81.3 Å². The molecule has 0 fully saturated rings. The van der Waals surface area contributed by atoms with Crippen molar-refractivity contribution >= 4 is 200 Å². The second kappa shape index (κ2) is 83.3. The number of hydrogen-bond donors (Lipinski definition) is 7. The van der Waals surface area contributed by atoms with E-state index in [2.05, 4.69) is 4.89 Å². The predicted molar refractivity (Wildman–Crippen MR) is 114 cm³/mol. The molecule has 0 aromatic rings. The molecule has 0 saturated carbocycles. The largest absolute Gasteiger partial charge is 2.00 e. The number of rotatable bonds is 7. The van der Waals surface area contributed by atoms with Gasteiger partial charge in [0.25, 0.3) is 6.47 Å². The summed E-state index contributed by atoms with van der Waals surface area (Å²) < 4.78 is 0. The van der Waals surface area contributed by atoms with Gasteiger partial charge in [0.2, 0.25) is 0 Å². The van der Waals surface area contributed by atoms with E-state index in [9.17, 15) is 29.4 Å². The first-order chi connectivity index (χ1) is 14.2. The minimum Gasteiger partial charge on any atom is -0.870 e. The van der Waals surface area contributed by atoms with Gasteiger partial charge >= 0.3 is 169 Å². The minimum atomic E-state index is -1.96. The monoisotopic (exact) mass is 689 g/mol. The molecular weight excluding hydrogens is 668 g/mol. The molecule has 212 valence electrons. The Labute approximate surface area is 338 Å². The van der Waals surface area contributed by atoms with Crippen LogP contribution in [0.1, 0.15) is 20.3 Å². The van der Waals surface area contributed by atoms with Crippen LogP contribution >= 0.6 is 0 Å². The molecule has 0 aliphatic rings. The van der Waals surface area contributed by atoms with E-state index < -0.39 is 48.9 Å². The van der Waals surface area contributed by atoms with E-state index >= 15 is 0 Å². The molecule has 2 atom stereocenters. The summed E-state index contributed by atoms with van der Waals surface area (Å²) in [6, 6.07) is 0. The smallest absolute Gasteiger partial charge is 0.870 e. The predicted octanol–water partition coefficient (Wildman–Crippen LogP) is -8.00. The summed E-state index contributed by atoms with van der Waals surface area (Å²) in [5, 5.41) is 72.1. The van der Waals surface area contributed by atoms with E-state index in [0.29, 0.717) is 6.47 Å². The molecule has 0 aromatic heterocycles. The second-order valence-corrected chi connectivity index (χ2v) is 3.32. The van der Waals surface area contributed by atoms with Crippen molar-refractivity contribution in [2.24, 2.45) is 0 Å². The van der Waals surface area contributed by atoms with Crippen molar-refractivity contribution < 1.29 is 111 Å². The summed E-state index contributed by atoms with van der Waals surface area (Å²) >= 11 is 0. The molecule has 0 radical (unpaired) electrons. The first kappa shape index (κ1) is 90.0. The number of carbonyl (C=O) groups excluding carboxylic acids is 5. The van der Waals surface area contributed by atoms with Gasteiger partial charge in [-0.25, -0.2) is 10.1 Å². The van der Waals surface area contributed by atoms with Gasteiger partial charge in [-0.15, -0.1) is 0 Å². The number of carboxylic acid groups (broad SMARTS) is 5. The van der Waals surface area contributed by atoms with Crippen molar-refractivity contribution in [2.45, 2.75) is 32.5 Å². The zero-order chi connectivity index (χ0) is 26.4. The van der Waals surface area contributed by atoms with Crippen LogP contribution in [0.4, 0.5) is 0 Å². The molecule has 0 aromatic carbocycles. The average Bonchev–Trinajstić information content (AvgIpc) is 2.63. The maximum atomic E-state index is 9.72. The van der Waals surface area contributed by atoms with Crippen LogP contribution in [0, 0.1) is 0 Å². The third-order valence-electron chi connectivity index (χ3n) is 1.32. The average molecular weight is 690 g/mol. The molecule has 0 saturated heterocycles. The van der Waals surface area contributed by atoms with Crippen LogP contribution in [0.3, 0.4) is 0 Å². The fraction of sp³-hybridized carbons (Fsp3) is 0.385. The molecule has 2 unspecified atom stereocenters. The number of aliphatic hydroxyl groups is 2. The van der Waals surface area contributed by atoms with Gasteiger partial charge in [0, 0.05) is 12.4 Å². The van der Waals surface area contributed by atoms with Crippen molar-refractivity contribution in [3.63, 3.8) is 0 Å². The Morgan fingerprint density at radius 3 is 1.15 bits per heavy atom. The fourth-order valence-electron chi connectivity index (χ4n) is 0.494. The van der Waals surface area contributed by atoms with E-state index in [-0.39, 0.29) is 187 Å². The van der Waals surface area contributed by atoms with Crippen molar-refractivity contribution in [2.75, 3.05) is 0 Å². The second-order valence-electron chi connectivity index (χ2n) is 3.32. The Kier molecular flexibility index (Phi) is 192. The van der Waals surface area contributed by atoms with Crippen LogP contribution in [0.25, 0.3) is 0 Å². The summed E-state index contributed by atoms with van der Waals surface area (Å²) in [7, 11) is 0. The zero-order valence-corrected chi connectivity index (χ0v) is 27.7. The molecular formula is C13H21Ca4O22+. The molecule has 0 aliphatic heterocycles. The van der Waals surface area contributed by atoms with E-state index in [1.807, 2.05) is 0 Å². The van der Waals surface area contributed by atoms with Gasteiger partial charge in [0.15, 0.2) is 6.10 Å². The standard InChI is InChI=1S/2C4H6O5.CHO3.CH2O2.CHO2.CO2.CH4.4Ca.3H2O/c2*5-2(4(8)9)1-3(6)7;2-1-4-3;3*2-1-3;;;;;;;;/h2*2,5H,1H2,(H,6,7)(H,8,9);3H;1H,(H,2,3);(H,2,3);;1H4;;;;;3*1H2/q;;-1;;-1;;;4*+2;;;/p-5. The van der Waals surface area contributed by atoms with Crippen molar-refractivity contribution in [3.8, 4) is 0 Å². The topological polar surface area (TPSA) is 441 Å². The van der Waals surface area contributed by atoms with E-state index in [1.54, 1.807) is 0 Å². The Balaban J connectivity index is -0.0000000164. The van der Waals surface area contributed by atoms with Gasteiger partial charge in [-0.2, -0.15) is 9.59 Å². The first-order valence-electron chi connectivity index (χ1n) is 6.21. The van der Waals surface area contributed by atoms with E-state index in [1.165, 1.54) is 0 Å². The Morgan fingerprint density at radius 1 is 0.872 bits per heavy atom. The van der Waals surface area contributed by atoms with Crippen LogP contribution in [-0.4, -0.2) is 265 Å². The Bertz CT molecular complexity index is 518. The van der Waals surface area contributed by atoms with Crippen LogP contribution in [0.5, 0.6) is 0 Å². The van der Waals surface area contributed by atoms with Crippen LogP contribution in [0.15, 0.2) is 0 Å². The molecule has 22 nitrogen and oxygen atoms in total. The number of carboxylic acids is 4. The summed E-state index contributed by atoms with van der Waals surface area (Å²) in [6.45, 7) is 0.986. The maximum absolute atomic E-state index is 9.72. The molecule has 0 spiro atoms. The summed E-state index contributed by atoms with van der Waals surface area (Å²) in [4.78, 5) is 82.7. The Hall–Kier alpha value is 0.469. The molecule has 39 heavy (non-hydrogen) atoms. The molecule has 0 rings (SSSR count). The zero-order valence-electron chi connectivity index (χ0n) is 18.8. The van der Waals surface area contributed by atoms with Gasteiger partial charge in [0.05, 0.1) is 18.5 Å². The third kappa shape index (κ3) is 168. The van der Waals surface area contributed by atoms with Crippen molar-refractivity contribution in [3.05, 3.63) is 0 Å². The van der Waals surface area contributed by atoms with Crippen LogP contribution in [0.2, 0.25) is 0 Å². The SMILES string of the molecule is C.O=C(O)CC(O)C(=O)O.O=C([O-])CC(O)C(=O)[O-].O=C=O.O=CO.O=[C-]O.O=[C-]OO.[Ca+2].[Ca+2].[Ca+2].[Ca+2].[OH-].[OH-].[OH-]. The molecule has 0 amide bonds. The summed E-state index contributed by atoms with van der Waals surface area (Å²) in [6.07, 6.45) is -5.19. The quantitative estimate of drug-likeness (QED) is 0.0429. The summed E-state index contributed by atoms with van der Waals surface area (Å²) in [5.41, 5.74) is 0. The normalized spacial score (nSPS) is 7.15.